The summed E-state index contributed by atoms with van der Waals surface area (Å²) in [6, 6.07) is 7.12. The Hall–Kier alpha value is -1.56. The zero-order valence-electron chi connectivity index (χ0n) is 11.2. The summed E-state index contributed by atoms with van der Waals surface area (Å²) in [5.74, 6) is -0.366. The number of benzene rings is 1. The van der Waals surface area contributed by atoms with E-state index < -0.39 is 12.6 Å². The summed E-state index contributed by atoms with van der Waals surface area (Å²) in [5.41, 5.74) is 1.54. The first-order valence-electron chi connectivity index (χ1n) is 6.20. The van der Waals surface area contributed by atoms with Crippen LogP contribution in [0.25, 0.3) is 0 Å². The largest absolute Gasteiger partial charge is 0.469 e. The Morgan fingerprint density at radius 1 is 1.20 bits per heavy atom. The molecule has 0 aliphatic heterocycles. The van der Waals surface area contributed by atoms with Crippen LogP contribution in [0.1, 0.15) is 24.0 Å². The van der Waals surface area contributed by atoms with Crippen molar-refractivity contribution < 1.29 is 27.4 Å². The number of rotatable bonds is 7. The molecular weight excluding hydrogens is 273 g/mol. The van der Waals surface area contributed by atoms with E-state index in [4.69, 9.17) is 4.74 Å². The van der Waals surface area contributed by atoms with Crippen LogP contribution >= 0.6 is 0 Å². The van der Waals surface area contributed by atoms with Crippen LogP contribution in [0.5, 0.6) is 0 Å². The van der Waals surface area contributed by atoms with Crippen LogP contribution in [0.2, 0.25) is 0 Å². The summed E-state index contributed by atoms with van der Waals surface area (Å²) in [4.78, 5) is 11.2. The van der Waals surface area contributed by atoms with Crippen molar-refractivity contribution in [1.29, 1.82) is 0 Å². The fraction of sp³-hybridized carbons (Fsp3) is 0.500. The minimum Gasteiger partial charge on any atom is -0.469 e. The van der Waals surface area contributed by atoms with E-state index in [1.807, 2.05) is 0 Å². The average Bonchev–Trinajstić information content (AvgIpc) is 2.38. The quantitative estimate of drug-likeness (QED) is 0.571. The summed E-state index contributed by atoms with van der Waals surface area (Å²) in [6.45, 7) is 0.219. The molecule has 0 heterocycles. The highest BCUT2D eigenvalue weighted by Gasteiger charge is 2.25. The van der Waals surface area contributed by atoms with Gasteiger partial charge in [-0.05, 0) is 17.5 Å². The second-order valence-electron chi connectivity index (χ2n) is 4.29. The van der Waals surface area contributed by atoms with Crippen molar-refractivity contribution in [3.05, 3.63) is 35.4 Å². The molecule has 3 nitrogen and oxygen atoms in total. The smallest absolute Gasteiger partial charge is 0.389 e. The van der Waals surface area contributed by atoms with E-state index >= 15 is 0 Å². The standard InChI is InChI=1S/C14H17F3O3/c1-19-13(18)9-11-5-2-3-6-12(11)10-20-8-4-7-14(15,16)17/h2-3,5-6H,4,7-10H2,1H3. The number of ether oxygens (including phenoxy) is 2. The summed E-state index contributed by atoms with van der Waals surface area (Å²) < 4.78 is 45.6. The number of alkyl halides is 3. The van der Waals surface area contributed by atoms with Crippen LogP contribution in [0.15, 0.2) is 24.3 Å². The van der Waals surface area contributed by atoms with Crippen molar-refractivity contribution >= 4 is 5.97 Å². The highest BCUT2D eigenvalue weighted by atomic mass is 19.4. The van der Waals surface area contributed by atoms with Crippen molar-refractivity contribution in [3.8, 4) is 0 Å². The van der Waals surface area contributed by atoms with Gasteiger partial charge in [0.05, 0.1) is 20.1 Å². The second kappa shape index (κ2) is 7.89. The molecule has 1 rings (SSSR count). The molecule has 0 aliphatic rings. The lowest BCUT2D eigenvalue weighted by Gasteiger charge is -2.10. The van der Waals surface area contributed by atoms with Crippen LogP contribution in [0.3, 0.4) is 0 Å². The molecular formula is C14H17F3O3. The molecule has 1 aromatic rings. The number of esters is 1. The maximum absolute atomic E-state index is 11.9. The minimum absolute atomic E-state index is 0.0338. The Morgan fingerprint density at radius 3 is 2.45 bits per heavy atom. The fourth-order valence-electron chi connectivity index (χ4n) is 1.66. The fourth-order valence-corrected chi connectivity index (χ4v) is 1.66. The monoisotopic (exact) mass is 290 g/mol. The van der Waals surface area contributed by atoms with Gasteiger partial charge in [0.25, 0.3) is 0 Å². The third-order valence-electron chi connectivity index (χ3n) is 2.69. The molecule has 0 N–H and O–H groups in total. The van der Waals surface area contributed by atoms with Crippen LogP contribution in [0, 0.1) is 0 Å². The molecule has 0 amide bonds. The van der Waals surface area contributed by atoms with E-state index in [1.54, 1.807) is 24.3 Å². The molecule has 0 spiro atoms. The van der Waals surface area contributed by atoms with E-state index in [9.17, 15) is 18.0 Å². The highest BCUT2D eigenvalue weighted by Crippen LogP contribution is 2.21. The van der Waals surface area contributed by atoms with Crippen LogP contribution in [-0.4, -0.2) is 25.9 Å². The van der Waals surface area contributed by atoms with Gasteiger partial charge < -0.3 is 9.47 Å². The normalized spacial score (nSPS) is 11.4. The van der Waals surface area contributed by atoms with E-state index in [-0.39, 0.29) is 32.0 Å². The van der Waals surface area contributed by atoms with Crippen molar-refractivity contribution in [1.82, 2.24) is 0 Å². The van der Waals surface area contributed by atoms with Crippen molar-refractivity contribution in [2.45, 2.75) is 32.0 Å². The van der Waals surface area contributed by atoms with E-state index in [1.165, 1.54) is 7.11 Å². The van der Waals surface area contributed by atoms with E-state index in [0.29, 0.717) is 0 Å². The van der Waals surface area contributed by atoms with E-state index in [0.717, 1.165) is 11.1 Å². The lowest BCUT2D eigenvalue weighted by Crippen LogP contribution is -2.10. The zero-order chi connectivity index (χ0) is 15.0. The summed E-state index contributed by atoms with van der Waals surface area (Å²) in [6.07, 6.45) is -4.94. The van der Waals surface area contributed by atoms with Gasteiger partial charge in [0.1, 0.15) is 0 Å². The van der Waals surface area contributed by atoms with Gasteiger partial charge in [0.2, 0.25) is 0 Å². The molecule has 0 fully saturated rings. The number of carbonyl (C=O) groups is 1. The first-order chi connectivity index (χ1) is 9.42. The van der Waals surface area contributed by atoms with Crippen molar-refractivity contribution in [2.24, 2.45) is 0 Å². The number of hydrogen-bond acceptors (Lipinski definition) is 3. The third kappa shape index (κ3) is 6.56. The molecule has 112 valence electrons. The topological polar surface area (TPSA) is 35.5 Å². The number of halogens is 3. The van der Waals surface area contributed by atoms with Gasteiger partial charge in [-0.25, -0.2) is 0 Å². The number of hydrogen-bond donors (Lipinski definition) is 0. The molecule has 0 atom stereocenters. The van der Waals surface area contributed by atoms with Crippen LogP contribution < -0.4 is 0 Å². The molecule has 0 aliphatic carbocycles. The van der Waals surface area contributed by atoms with Crippen LogP contribution in [-0.2, 0) is 27.3 Å². The van der Waals surface area contributed by atoms with Gasteiger partial charge in [-0.15, -0.1) is 0 Å². The van der Waals surface area contributed by atoms with Crippen LogP contribution in [0.4, 0.5) is 13.2 Å². The lowest BCUT2D eigenvalue weighted by molar-refractivity contribution is -0.140. The number of carbonyl (C=O) groups excluding carboxylic acids is 1. The van der Waals surface area contributed by atoms with Gasteiger partial charge in [-0.1, -0.05) is 24.3 Å². The SMILES string of the molecule is COC(=O)Cc1ccccc1COCCCC(F)(F)F. The molecule has 1 aromatic carbocycles. The molecule has 20 heavy (non-hydrogen) atoms. The van der Waals surface area contributed by atoms with E-state index in [2.05, 4.69) is 4.74 Å². The third-order valence-corrected chi connectivity index (χ3v) is 2.69. The molecule has 0 saturated heterocycles. The summed E-state index contributed by atoms with van der Waals surface area (Å²) >= 11 is 0. The Balaban J connectivity index is 2.41. The summed E-state index contributed by atoms with van der Waals surface area (Å²) in [5, 5.41) is 0. The summed E-state index contributed by atoms with van der Waals surface area (Å²) in [7, 11) is 1.30. The Morgan fingerprint density at radius 2 is 1.85 bits per heavy atom. The maximum Gasteiger partial charge on any atom is 0.389 e. The van der Waals surface area contributed by atoms with Gasteiger partial charge in [0.15, 0.2) is 0 Å². The molecule has 6 heteroatoms. The van der Waals surface area contributed by atoms with Gasteiger partial charge in [0, 0.05) is 13.0 Å². The molecule has 0 radical (unpaired) electrons. The van der Waals surface area contributed by atoms with Gasteiger partial charge in [-0.3, -0.25) is 4.79 Å². The first-order valence-corrected chi connectivity index (χ1v) is 6.20. The highest BCUT2D eigenvalue weighted by molar-refractivity contribution is 5.72. The lowest BCUT2D eigenvalue weighted by atomic mass is 10.1. The minimum atomic E-state index is -4.15. The second-order valence-corrected chi connectivity index (χ2v) is 4.29. The molecule has 0 saturated carbocycles. The van der Waals surface area contributed by atoms with Gasteiger partial charge >= 0.3 is 12.1 Å². The van der Waals surface area contributed by atoms with Crippen molar-refractivity contribution in [2.75, 3.05) is 13.7 Å². The first kappa shape index (κ1) is 16.5. The molecule has 0 aromatic heterocycles. The Bertz CT molecular complexity index is 430. The number of methoxy groups -OCH3 is 1. The predicted octanol–water partition coefficient (Wildman–Crippen LogP) is 3.26. The average molecular weight is 290 g/mol. The maximum atomic E-state index is 11.9. The Kier molecular flexibility index (Phi) is 6.51. The molecule has 0 bridgehead atoms. The zero-order valence-corrected chi connectivity index (χ0v) is 11.2. The van der Waals surface area contributed by atoms with Crippen molar-refractivity contribution in [3.63, 3.8) is 0 Å². The predicted molar refractivity (Wildman–Crippen MR) is 67.1 cm³/mol. The Labute approximate surface area is 115 Å². The molecule has 0 unspecified atom stereocenters. The van der Waals surface area contributed by atoms with Gasteiger partial charge in [-0.2, -0.15) is 13.2 Å².